The van der Waals surface area contributed by atoms with E-state index in [0.29, 0.717) is 5.02 Å². The number of amides is 2. The van der Waals surface area contributed by atoms with Crippen molar-refractivity contribution in [1.29, 1.82) is 0 Å². The number of halogens is 3. The number of anilines is 2. The topological polar surface area (TPSA) is 63.4 Å². The Morgan fingerprint density at radius 2 is 1.57 bits per heavy atom. The Bertz CT molecular complexity index is 782. The van der Waals surface area contributed by atoms with E-state index in [4.69, 9.17) is 40.5 Å². The standard InChI is InChI=1S/C14H7Cl3N2O2/c15-6-4-8(16)12(9(17)5-6)19-13(20)7-2-1-3-10(18)11(7)14(19)21/h1-5H,18H2. The Hall–Kier alpha value is -1.75. The third kappa shape index (κ3) is 2.07. The number of carbonyl (C=O) groups is 2. The molecular formula is C14H7Cl3N2O2. The fourth-order valence-electron chi connectivity index (χ4n) is 2.26. The largest absolute Gasteiger partial charge is 0.398 e. The van der Waals surface area contributed by atoms with Crippen molar-refractivity contribution in [1.82, 2.24) is 0 Å². The Balaban J connectivity index is 2.22. The van der Waals surface area contributed by atoms with Crippen LogP contribution in [0.2, 0.25) is 15.1 Å². The normalized spacial score (nSPS) is 13.8. The van der Waals surface area contributed by atoms with Crippen molar-refractivity contribution in [3.05, 3.63) is 56.5 Å². The highest BCUT2D eigenvalue weighted by Gasteiger charge is 2.40. The lowest BCUT2D eigenvalue weighted by Crippen LogP contribution is -2.30. The van der Waals surface area contributed by atoms with Crippen molar-refractivity contribution < 1.29 is 9.59 Å². The molecule has 0 atom stereocenters. The van der Waals surface area contributed by atoms with Crippen LogP contribution in [0.4, 0.5) is 11.4 Å². The van der Waals surface area contributed by atoms with Crippen LogP contribution < -0.4 is 10.6 Å². The fraction of sp³-hybridized carbons (Fsp3) is 0. The molecule has 2 aromatic carbocycles. The first-order valence-corrected chi connectivity index (χ1v) is 6.97. The van der Waals surface area contributed by atoms with E-state index in [-0.39, 0.29) is 32.5 Å². The molecule has 0 unspecified atom stereocenters. The van der Waals surface area contributed by atoms with Crippen LogP contribution in [0.3, 0.4) is 0 Å². The zero-order chi connectivity index (χ0) is 15.3. The summed E-state index contributed by atoms with van der Waals surface area (Å²) in [6, 6.07) is 7.52. The van der Waals surface area contributed by atoms with Crippen molar-refractivity contribution in [3.8, 4) is 0 Å². The minimum atomic E-state index is -0.556. The van der Waals surface area contributed by atoms with E-state index in [1.54, 1.807) is 12.1 Å². The number of nitrogens with zero attached hydrogens (tertiary/aromatic N) is 1. The maximum Gasteiger partial charge on any atom is 0.268 e. The number of nitrogen functional groups attached to an aromatic ring is 1. The summed E-state index contributed by atoms with van der Waals surface area (Å²) in [4.78, 5) is 25.9. The number of nitrogens with two attached hydrogens (primary N) is 1. The summed E-state index contributed by atoms with van der Waals surface area (Å²) >= 11 is 18.0. The molecule has 3 rings (SSSR count). The van der Waals surface area contributed by atoms with Gasteiger partial charge < -0.3 is 5.73 Å². The van der Waals surface area contributed by atoms with E-state index < -0.39 is 11.8 Å². The van der Waals surface area contributed by atoms with Gasteiger partial charge in [-0.25, -0.2) is 4.90 Å². The minimum absolute atomic E-state index is 0.105. The zero-order valence-electron chi connectivity index (χ0n) is 10.4. The number of hydrogen-bond acceptors (Lipinski definition) is 3. The first-order valence-electron chi connectivity index (χ1n) is 5.83. The number of benzene rings is 2. The van der Waals surface area contributed by atoms with Gasteiger partial charge >= 0.3 is 0 Å². The molecule has 2 amide bonds. The molecule has 0 fully saturated rings. The highest BCUT2D eigenvalue weighted by Crippen LogP contribution is 2.41. The van der Waals surface area contributed by atoms with Crippen molar-refractivity contribution in [3.63, 3.8) is 0 Å². The maximum absolute atomic E-state index is 12.5. The summed E-state index contributed by atoms with van der Waals surface area (Å²) in [6.45, 7) is 0. The molecule has 0 aliphatic carbocycles. The number of rotatable bonds is 1. The van der Waals surface area contributed by atoms with Crippen molar-refractivity contribution in [2.75, 3.05) is 10.6 Å². The van der Waals surface area contributed by atoms with Crippen LogP contribution in [0.15, 0.2) is 30.3 Å². The molecule has 0 saturated heterocycles. The van der Waals surface area contributed by atoms with Crippen LogP contribution in [-0.4, -0.2) is 11.8 Å². The summed E-state index contributed by atoms with van der Waals surface area (Å²) < 4.78 is 0. The van der Waals surface area contributed by atoms with Crippen molar-refractivity contribution >= 4 is 58.0 Å². The van der Waals surface area contributed by atoms with E-state index in [1.807, 2.05) is 0 Å². The van der Waals surface area contributed by atoms with E-state index in [1.165, 1.54) is 18.2 Å². The summed E-state index contributed by atoms with van der Waals surface area (Å²) in [5.74, 6) is -1.08. The third-order valence-corrected chi connectivity index (χ3v) is 3.95. The predicted octanol–water partition coefficient (Wildman–Crippen LogP) is 4.03. The van der Waals surface area contributed by atoms with Crippen LogP contribution in [0, 0.1) is 0 Å². The zero-order valence-corrected chi connectivity index (χ0v) is 12.6. The summed E-state index contributed by atoms with van der Waals surface area (Å²) in [7, 11) is 0. The Kier molecular flexibility index (Phi) is 3.32. The summed E-state index contributed by atoms with van der Waals surface area (Å²) in [5.41, 5.74) is 6.50. The average molecular weight is 342 g/mol. The molecule has 7 heteroatoms. The van der Waals surface area contributed by atoms with Crippen LogP contribution in [0.1, 0.15) is 20.7 Å². The number of hydrogen-bond donors (Lipinski definition) is 1. The second-order valence-electron chi connectivity index (χ2n) is 4.43. The molecule has 2 aromatic rings. The first kappa shape index (κ1) is 14.2. The van der Waals surface area contributed by atoms with Crippen LogP contribution >= 0.6 is 34.8 Å². The van der Waals surface area contributed by atoms with E-state index >= 15 is 0 Å². The van der Waals surface area contributed by atoms with Gasteiger partial charge in [-0.2, -0.15) is 0 Å². The molecule has 21 heavy (non-hydrogen) atoms. The van der Waals surface area contributed by atoms with E-state index in [2.05, 4.69) is 0 Å². The second-order valence-corrected chi connectivity index (χ2v) is 5.68. The number of fused-ring (bicyclic) bond motifs is 1. The van der Waals surface area contributed by atoms with Crippen molar-refractivity contribution in [2.24, 2.45) is 0 Å². The molecule has 0 bridgehead atoms. The number of imide groups is 1. The molecule has 4 nitrogen and oxygen atoms in total. The van der Waals surface area contributed by atoms with Gasteiger partial charge in [0.2, 0.25) is 0 Å². The van der Waals surface area contributed by atoms with E-state index in [9.17, 15) is 9.59 Å². The maximum atomic E-state index is 12.5. The predicted molar refractivity (Wildman–Crippen MR) is 83.5 cm³/mol. The van der Waals surface area contributed by atoms with Crippen LogP contribution in [-0.2, 0) is 0 Å². The molecular weight excluding hydrogens is 335 g/mol. The van der Waals surface area contributed by atoms with Crippen LogP contribution in [0.25, 0.3) is 0 Å². The highest BCUT2D eigenvalue weighted by molar-refractivity contribution is 6.46. The van der Waals surface area contributed by atoms with Gasteiger partial charge in [-0.15, -0.1) is 0 Å². The molecule has 0 spiro atoms. The molecule has 106 valence electrons. The molecule has 0 saturated carbocycles. The lowest BCUT2D eigenvalue weighted by atomic mass is 10.1. The quantitative estimate of drug-likeness (QED) is 0.629. The van der Waals surface area contributed by atoms with Gasteiger partial charge in [0.1, 0.15) is 0 Å². The van der Waals surface area contributed by atoms with Gasteiger partial charge in [-0.1, -0.05) is 40.9 Å². The molecule has 1 aliphatic heterocycles. The van der Waals surface area contributed by atoms with Gasteiger partial charge in [-0.05, 0) is 24.3 Å². The van der Waals surface area contributed by atoms with Gasteiger partial charge in [-0.3, -0.25) is 9.59 Å². The lowest BCUT2D eigenvalue weighted by Gasteiger charge is -2.17. The monoisotopic (exact) mass is 340 g/mol. The Morgan fingerprint density at radius 3 is 2.14 bits per heavy atom. The molecule has 0 aromatic heterocycles. The molecule has 1 heterocycles. The second kappa shape index (κ2) is 4.91. The third-order valence-electron chi connectivity index (χ3n) is 3.15. The smallest absolute Gasteiger partial charge is 0.268 e. The SMILES string of the molecule is Nc1cccc2c1C(=O)N(c1c(Cl)cc(Cl)cc1Cl)C2=O. The van der Waals surface area contributed by atoms with Crippen molar-refractivity contribution in [2.45, 2.75) is 0 Å². The fourth-order valence-corrected chi connectivity index (χ4v) is 3.25. The average Bonchev–Trinajstić information content (AvgIpc) is 2.64. The first-order chi connectivity index (χ1) is 9.91. The van der Waals surface area contributed by atoms with Gasteiger partial charge in [0.05, 0.1) is 26.9 Å². The molecule has 1 aliphatic rings. The van der Waals surface area contributed by atoms with Crippen LogP contribution in [0.5, 0.6) is 0 Å². The summed E-state index contributed by atoms with van der Waals surface area (Å²) in [5, 5.41) is 0.533. The van der Waals surface area contributed by atoms with Gasteiger partial charge in [0.15, 0.2) is 0 Å². The van der Waals surface area contributed by atoms with E-state index in [0.717, 1.165) is 4.90 Å². The summed E-state index contributed by atoms with van der Waals surface area (Å²) in [6.07, 6.45) is 0. The van der Waals surface area contributed by atoms with Gasteiger partial charge in [0, 0.05) is 10.7 Å². The lowest BCUT2D eigenvalue weighted by molar-refractivity contribution is 0.0926. The molecule has 2 N–H and O–H groups in total. The highest BCUT2D eigenvalue weighted by atomic mass is 35.5. The Morgan fingerprint density at radius 1 is 0.952 bits per heavy atom. The number of carbonyl (C=O) groups excluding carboxylic acids is 2. The minimum Gasteiger partial charge on any atom is -0.398 e. The molecule has 0 radical (unpaired) electrons. The van der Waals surface area contributed by atoms with Gasteiger partial charge in [0.25, 0.3) is 11.8 Å². The Labute approximate surface area is 135 Å².